The number of anilines is 1. The summed E-state index contributed by atoms with van der Waals surface area (Å²) in [6, 6.07) is 15.3. The molecular formula is C25H18Cl2N4O4S. The van der Waals surface area contributed by atoms with E-state index in [4.69, 9.17) is 27.9 Å². The van der Waals surface area contributed by atoms with Crippen molar-refractivity contribution in [1.29, 1.82) is 0 Å². The smallest absolute Gasteiger partial charge is 0.263 e. The van der Waals surface area contributed by atoms with Crippen molar-refractivity contribution in [2.45, 2.75) is 11.8 Å². The van der Waals surface area contributed by atoms with Gasteiger partial charge in [0.05, 0.1) is 18.2 Å². The van der Waals surface area contributed by atoms with Gasteiger partial charge in [-0.1, -0.05) is 40.5 Å². The fourth-order valence-electron chi connectivity index (χ4n) is 3.83. The number of methoxy groups -OCH3 is 1. The minimum absolute atomic E-state index is 0.0374. The quantitative estimate of drug-likeness (QED) is 0.266. The second-order valence-electron chi connectivity index (χ2n) is 7.93. The van der Waals surface area contributed by atoms with Gasteiger partial charge < -0.3 is 9.26 Å². The first-order valence-corrected chi connectivity index (χ1v) is 12.8. The highest BCUT2D eigenvalue weighted by Crippen LogP contribution is 2.41. The number of benzene rings is 3. The second kappa shape index (κ2) is 9.42. The predicted molar refractivity (Wildman–Crippen MR) is 139 cm³/mol. The highest BCUT2D eigenvalue weighted by atomic mass is 35.5. The molecule has 3 aromatic carbocycles. The molecule has 0 aliphatic rings. The van der Waals surface area contributed by atoms with Gasteiger partial charge in [0.15, 0.2) is 5.82 Å². The molecule has 0 saturated carbocycles. The Bertz CT molecular complexity index is 1710. The lowest BCUT2D eigenvalue weighted by Crippen LogP contribution is -2.13. The first-order valence-electron chi connectivity index (χ1n) is 10.6. The third-order valence-corrected chi connectivity index (χ3v) is 7.72. The molecule has 2 aromatic heterocycles. The minimum atomic E-state index is -3.89. The van der Waals surface area contributed by atoms with Crippen LogP contribution in [0.1, 0.15) is 5.56 Å². The van der Waals surface area contributed by atoms with Crippen LogP contribution in [0.15, 0.2) is 76.5 Å². The van der Waals surface area contributed by atoms with Gasteiger partial charge in [0.2, 0.25) is 0 Å². The summed E-state index contributed by atoms with van der Waals surface area (Å²) in [5.74, 6) is 0.618. The van der Waals surface area contributed by atoms with Crippen LogP contribution in [0, 0.1) is 6.92 Å². The third kappa shape index (κ3) is 4.48. The SMILES string of the molecule is COc1cc(-c2ccc(Cl)c(C)c2)c(Cl)cc1-c1nncc2cc(S(=O)(=O)Nc3ccon3)ccc12. The number of ether oxygens (including phenoxy) is 1. The van der Waals surface area contributed by atoms with Crippen LogP contribution in [0.25, 0.3) is 33.2 Å². The Kier molecular flexibility index (Phi) is 6.29. The van der Waals surface area contributed by atoms with E-state index in [9.17, 15) is 8.42 Å². The van der Waals surface area contributed by atoms with Crippen LogP contribution in [0.2, 0.25) is 10.0 Å². The molecular weight excluding hydrogens is 523 g/mol. The van der Waals surface area contributed by atoms with Crippen molar-refractivity contribution in [3.8, 4) is 28.1 Å². The molecule has 0 atom stereocenters. The molecule has 1 N–H and O–H groups in total. The lowest BCUT2D eigenvalue weighted by atomic mass is 9.98. The Hall–Kier alpha value is -3.66. The standard InChI is InChI=1S/C25H18Cl2N4O4S/c1-14-9-15(3-6-21(14)26)19-12-23(34-2)20(11-22(19)27)25-18-5-4-17(10-16(18)13-28-29-25)36(32,33)31-24-7-8-35-30-24/h3-13H,1-2H3,(H,30,31). The molecule has 182 valence electrons. The first kappa shape index (κ1) is 24.1. The van der Waals surface area contributed by atoms with E-state index in [0.29, 0.717) is 37.8 Å². The molecule has 0 saturated heterocycles. The number of halogens is 2. The molecule has 11 heteroatoms. The topological polar surface area (TPSA) is 107 Å². The summed E-state index contributed by atoms with van der Waals surface area (Å²) in [6.07, 6.45) is 2.77. The molecule has 2 heterocycles. The van der Waals surface area contributed by atoms with Crippen molar-refractivity contribution in [3.63, 3.8) is 0 Å². The van der Waals surface area contributed by atoms with Crippen molar-refractivity contribution in [2.75, 3.05) is 11.8 Å². The van der Waals surface area contributed by atoms with Gasteiger partial charge in [-0.15, -0.1) is 5.10 Å². The van der Waals surface area contributed by atoms with Crippen molar-refractivity contribution in [2.24, 2.45) is 0 Å². The number of nitrogens with zero attached hydrogens (tertiary/aromatic N) is 3. The third-order valence-electron chi connectivity index (χ3n) is 5.63. The zero-order valence-electron chi connectivity index (χ0n) is 19.0. The van der Waals surface area contributed by atoms with Crippen LogP contribution in [-0.2, 0) is 10.0 Å². The largest absolute Gasteiger partial charge is 0.496 e. The lowest BCUT2D eigenvalue weighted by Gasteiger charge is -2.15. The van der Waals surface area contributed by atoms with Crippen LogP contribution >= 0.6 is 23.2 Å². The number of sulfonamides is 1. The van der Waals surface area contributed by atoms with Crippen LogP contribution in [0.4, 0.5) is 5.82 Å². The van der Waals surface area contributed by atoms with Gasteiger partial charge >= 0.3 is 0 Å². The molecule has 0 bridgehead atoms. The van der Waals surface area contributed by atoms with E-state index < -0.39 is 10.0 Å². The number of hydrogen-bond donors (Lipinski definition) is 1. The molecule has 0 unspecified atom stereocenters. The molecule has 0 spiro atoms. The Morgan fingerprint density at radius 1 is 0.972 bits per heavy atom. The Morgan fingerprint density at radius 2 is 1.81 bits per heavy atom. The molecule has 5 aromatic rings. The Morgan fingerprint density at radius 3 is 2.53 bits per heavy atom. The van der Waals surface area contributed by atoms with E-state index in [0.717, 1.165) is 16.7 Å². The fraction of sp³-hybridized carbons (Fsp3) is 0.0800. The molecule has 5 rings (SSSR count). The Balaban J connectivity index is 1.60. The maximum atomic E-state index is 12.8. The highest BCUT2D eigenvalue weighted by Gasteiger charge is 2.20. The average Bonchev–Trinajstić information content (AvgIpc) is 3.37. The van der Waals surface area contributed by atoms with Gasteiger partial charge in [0.1, 0.15) is 17.7 Å². The van der Waals surface area contributed by atoms with E-state index in [-0.39, 0.29) is 10.7 Å². The number of rotatable bonds is 6. The molecule has 0 aliphatic carbocycles. The molecule has 36 heavy (non-hydrogen) atoms. The van der Waals surface area contributed by atoms with E-state index in [1.807, 2.05) is 31.2 Å². The maximum Gasteiger partial charge on any atom is 0.263 e. The monoisotopic (exact) mass is 540 g/mol. The summed E-state index contributed by atoms with van der Waals surface area (Å²) in [5.41, 5.74) is 3.71. The normalized spacial score (nSPS) is 11.6. The second-order valence-corrected chi connectivity index (χ2v) is 10.4. The zero-order chi connectivity index (χ0) is 25.4. The van der Waals surface area contributed by atoms with Crippen molar-refractivity contribution in [1.82, 2.24) is 15.4 Å². The minimum Gasteiger partial charge on any atom is -0.496 e. The summed E-state index contributed by atoms with van der Waals surface area (Å²) >= 11 is 12.9. The van der Waals surface area contributed by atoms with Gasteiger partial charge in [0, 0.05) is 38.0 Å². The number of hydrogen-bond acceptors (Lipinski definition) is 7. The van der Waals surface area contributed by atoms with E-state index >= 15 is 0 Å². The number of aryl methyl sites for hydroxylation is 1. The van der Waals surface area contributed by atoms with E-state index in [1.165, 1.54) is 30.7 Å². The Labute approximate surface area is 216 Å². The highest BCUT2D eigenvalue weighted by molar-refractivity contribution is 7.92. The zero-order valence-corrected chi connectivity index (χ0v) is 21.3. The predicted octanol–water partition coefficient (Wildman–Crippen LogP) is 6.38. The van der Waals surface area contributed by atoms with Crippen molar-refractivity contribution in [3.05, 3.63) is 82.7 Å². The van der Waals surface area contributed by atoms with Gasteiger partial charge in [-0.05, 0) is 54.4 Å². The summed E-state index contributed by atoms with van der Waals surface area (Å²) in [5, 5.41) is 14.4. The molecule has 0 aliphatic heterocycles. The summed E-state index contributed by atoms with van der Waals surface area (Å²) in [7, 11) is -2.33. The summed E-state index contributed by atoms with van der Waals surface area (Å²) < 4.78 is 38.3. The molecule has 0 fully saturated rings. The summed E-state index contributed by atoms with van der Waals surface area (Å²) in [4.78, 5) is 0.0374. The van der Waals surface area contributed by atoms with Crippen molar-refractivity contribution < 1.29 is 17.7 Å². The van der Waals surface area contributed by atoms with Crippen LogP contribution in [0.5, 0.6) is 5.75 Å². The maximum absolute atomic E-state index is 12.8. The molecule has 8 nitrogen and oxygen atoms in total. The van der Waals surface area contributed by atoms with E-state index in [1.54, 1.807) is 19.2 Å². The van der Waals surface area contributed by atoms with Crippen LogP contribution in [0.3, 0.4) is 0 Å². The number of aromatic nitrogens is 3. The average molecular weight is 541 g/mol. The molecule has 0 amide bonds. The number of nitrogens with one attached hydrogen (secondary N) is 1. The van der Waals surface area contributed by atoms with Gasteiger partial charge in [-0.25, -0.2) is 8.42 Å². The van der Waals surface area contributed by atoms with Crippen molar-refractivity contribution >= 4 is 49.8 Å². The first-order chi connectivity index (χ1) is 17.3. The lowest BCUT2D eigenvalue weighted by molar-refractivity contribution is 0.416. The van der Waals surface area contributed by atoms with Gasteiger partial charge in [-0.3, -0.25) is 4.72 Å². The van der Waals surface area contributed by atoms with E-state index in [2.05, 4.69) is 24.6 Å². The molecule has 0 radical (unpaired) electrons. The fourth-order valence-corrected chi connectivity index (χ4v) is 5.25. The van der Waals surface area contributed by atoms with Gasteiger partial charge in [0.25, 0.3) is 10.0 Å². The van der Waals surface area contributed by atoms with Gasteiger partial charge in [-0.2, -0.15) is 5.10 Å². The number of fused-ring (bicyclic) bond motifs is 1. The van der Waals surface area contributed by atoms with Crippen LogP contribution < -0.4 is 9.46 Å². The van der Waals surface area contributed by atoms with Crippen LogP contribution in [-0.4, -0.2) is 30.9 Å². The summed E-state index contributed by atoms with van der Waals surface area (Å²) in [6.45, 7) is 1.92.